The topological polar surface area (TPSA) is 49.3 Å². The number of thiophene rings is 1. The lowest BCUT2D eigenvalue weighted by molar-refractivity contribution is 0.813. The zero-order valence-corrected chi connectivity index (χ0v) is 15.4. The molecular formula is C14H19BrN4S2. The summed E-state index contributed by atoms with van der Waals surface area (Å²) in [4.78, 5) is 11.6. The van der Waals surface area contributed by atoms with Crippen LogP contribution in [0.3, 0.4) is 0 Å². The highest BCUT2D eigenvalue weighted by atomic mass is 79.9. The van der Waals surface area contributed by atoms with Crippen LogP contribution in [-0.4, -0.2) is 17.5 Å². The van der Waals surface area contributed by atoms with Gasteiger partial charge in [-0.1, -0.05) is 6.92 Å². The summed E-state index contributed by atoms with van der Waals surface area (Å²) in [5.41, 5.74) is 0. The molecule has 2 aromatic heterocycles. The van der Waals surface area contributed by atoms with Crippen LogP contribution >= 0.6 is 38.6 Å². The van der Waals surface area contributed by atoms with Crippen molar-refractivity contribution in [3.8, 4) is 0 Å². The third-order valence-corrected chi connectivity index (χ3v) is 5.47. The number of hydrogen-bond donors (Lipinski definition) is 2. The second-order valence-corrected chi connectivity index (χ2v) is 8.08. The number of aliphatic imine (C=N–C) groups is 1. The largest absolute Gasteiger partial charge is 0.357 e. The number of hydrogen-bond acceptors (Lipinski definition) is 4. The lowest BCUT2D eigenvalue weighted by atomic mass is 10.4. The molecule has 2 rings (SSSR count). The van der Waals surface area contributed by atoms with Crippen molar-refractivity contribution in [1.82, 2.24) is 15.6 Å². The second kappa shape index (κ2) is 8.51. The van der Waals surface area contributed by atoms with E-state index in [0.717, 1.165) is 27.7 Å². The molecule has 2 aromatic rings. The van der Waals surface area contributed by atoms with E-state index in [4.69, 9.17) is 0 Å². The van der Waals surface area contributed by atoms with E-state index in [1.165, 1.54) is 9.75 Å². The van der Waals surface area contributed by atoms with Gasteiger partial charge in [-0.25, -0.2) is 9.98 Å². The van der Waals surface area contributed by atoms with Crippen molar-refractivity contribution >= 4 is 44.6 Å². The van der Waals surface area contributed by atoms with Crippen LogP contribution in [0.1, 0.15) is 28.6 Å². The number of aryl methyl sites for hydroxylation is 1. The average molecular weight is 387 g/mol. The highest BCUT2D eigenvalue weighted by Crippen LogP contribution is 2.22. The van der Waals surface area contributed by atoms with E-state index in [1.54, 1.807) is 22.7 Å². The fourth-order valence-corrected chi connectivity index (χ4v) is 3.90. The quantitative estimate of drug-likeness (QED) is 0.586. The summed E-state index contributed by atoms with van der Waals surface area (Å²) in [5, 5.41) is 7.68. The molecule has 0 aliphatic heterocycles. The molecule has 2 heterocycles. The molecule has 4 nitrogen and oxygen atoms in total. The Hall–Kier alpha value is -0.920. The van der Waals surface area contributed by atoms with Crippen molar-refractivity contribution in [2.75, 3.05) is 6.54 Å². The highest BCUT2D eigenvalue weighted by molar-refractivity contribution is 9.11. The predicted molar refractivity (Wildman–Crippen MR) is 95.2 cm³/mol. The Bertz CT molecular complexity index is 591. The van der Waals surface area contributed by atoms with Gasteiger partial charge in [0.15, 0.2) is 5.96 Å². The van der Waals surface area contributed by atoms with Crippen LogP contribution in [0, 0.1) is 0 Å². The maximum absolute atomic E-state index is 4.60. The first-order chi connectivity index (χ1) is 10.2. The summed E-state index contributed by atoms with van der Waals surface area (Å²) in [7, 11) is 0. The normalized spacial score (nSPS) is 11.7. The molecular weight excluding hydrogens is 368 g/mol. The summed E-state index contributed by atoms with van der Waals surface area (Å²) in [6.45, 7) is 6.46. The third kappa shape index (κ3) is 5.41. The molecule has 0 saturated carbocycles. The van der Waals surface area contributed by atoms with Crippen LogP contribution in [0.2, 0.25) is 0 Å². The Morgan fingerprint density at radius 2 is 2.10 bits per heavy atom. The zero-order chi connectivity index (χ0) is 15.1. The lowest BCUT2D eigenvalue weighted by Gasteiger charge is -2.09. The van der Waals surface area contributed by atoms with E-state index in [9.17, 15) is 0 Å². The minimum atomic E-state index is 0.684. The smallest absolute Gasteiger partial charge is 0.191 e. The minimum absolute atomic E-state index is 0.684. The van der Waals surface area contributed by atoms with Crippen molar-refractivity contribution < 1.29 is 0 Å². The Morgan fingerprint density at radius 1 is 1.24 bits per heavy atom. The van der Waals surface area contributed by atoms with Crippen molar-refractivity contribution in [1.29, 1.82) is 0 Å². The minimum Gasteiger partial charge on any atom is -0.357 e. The lowest BCUT2D eigenvalue weighted by Crippen LogP contribution is -2.36. The van der Waals surface area contributed by atoms with Crippen molar-refractivity contribution in [2.45, 2.75) is 33.4 Å². The van der Waals surface area contributed by atoms with E-state index in [2.05, 4.69) is 62.5 Å². The fourth-order valence-electron chi connectivity index (χ4n) is 1.69. The van der Waals surface area contributed by atoms with Gasteiger partial charge < -0.3 is 10.6 Å². The molecule has 0 amide bonds. The molecule has 0 atom stereocenters. The molecule has 114 valence electrons. The summed E-state index contributed by atoms with van der Waals surface area (Å²) in [5.74, 6) is 0.829. The van der Waals surface area contributed by atoms with Gasteiger partial charge in [0, 0.05) is 22.5 Å². The van der Waals surface area contributed by atoms with Crippen LogP contribution in [0.15, 0.2) is 27.1 Å². The Labute approximate surface area is 141 Å². The molecule has 0 bridgehead atoms. The van der Waals surface area contributed by atoms with Gasteiger partial charge in [-0.3, -0.25) is 0 Å². The molecule has 0 aliphatic carbocycles. The number of halogens is 1. The summed E-state index contributed by atoms with van der Waals surface area (Å²) in [6.07, 6.45) is 2.99. The van der Waals surface area contributed by atoms with Crippen molar-refractivity contribution in [2.24, 2.45) is 4.99 Å². The molecule has 2 N–H and O–H groups in total. The third-order valence-electron chi connectivity index (χ3n) is 2.72. The second-order valence-electron chi connectivity index (χ2n) is 4.33. The molecule has 0 saturated heterocycles. The summed E-state index contributed by atoms with van der Waals surface area (Å²) in [6, 6.07) is 4.15. The molecule has 0 aromatic carbocycles. The van der Waals surface area contributed by atoms with Gasteiger partial charge in [0.25, 0.3) is 0 Å². The van der Waals surface area contributed by atoms with E-state index in [-0.39, 0.29) is 0 Å². The van der Waals surface area contributed by atoms with Gasteiger partial charge in [0.2, 0.25) is 0 Å². The SMILES string of the molecule is CCNC(=NCc1ccc(Br)s1)NCc1ncc(CC)s1. The van der Waals surface area contributed by atoms with Crippen LogP contribution in [0.4, 0.5) is 0 Å². The summed E-state index contributed by atoms with van der Waals surface area (Å²) < 4.78 is 1.14. The molecule has 0 unspecified atom stereocenters. The summed E-state index contributed by atoms with van der Waals surface area (Å²) >= 11 is 6.93. The van der Waals surface area contributed by atoms with Crippen molar-refractivity contribution in [3.63, 3.8) is 0 Å². The molecule has 21 heavy (non-hydrogen) atoms. The van der Waals surface area contributed by atoms with Gasteiger partial charge in [-0.15, -0.1) is 22.7 Å². The number of rotatable bonds is 6. The van der Waals surface area contributed by atoms with Gasteiger partial charge in [-0.05, 0) is 41.4 Å². The van der Waals surface area contributed by atoms with Crippen LogP contribution in [0.5, 0.6) is 0 Å². The van der Waals surface area contributed by atoms with E-state index in [1.807, 2.05) is 6.20 Å². The van der Waals surface area contributed by atoms with Gasteiger partial charge >= 0.3 is 0 Å². The maximum Gasteiger partial charge on any atom is 0.191 e. The first-order valence-corrected chi connectivity index (χ1v) is 9.33. The molecule has 0 spiro atoms. The Morgan fingerprint density at radius 3 is 2.71 bits per heavy atom. The van der Waals surface area contributed by atoms with E-state index < -0.39 is 0 Å². The molecule has 7 heteroatoms. The number of nitrogens with one attached hydrogen (secondary N) is 2. The van der Waals surface area contributed by atoms with Crippen LogP contribution < -0.4 is 10.6 Å². The van der Waals surface area contributed by atoms with Crippen LogP contribution in [-0.2, 0) is 19.5 Å². The first kappa shape index (κ1) is 16.5. The molecule has 0 aliphatic rings. The molecule has 0 fully saturated rings. The number of aromatic nitrogens is 1. The Kier molecular flexibility index (Phi) is 6.66. The average Bonchev–Trinajstić information content (AvgIpc) is 3.10. The van der Waals surface area contributed by atoms with E-state index >= 15 is 0 Å². The fraction of sp³-hybridized carbons (Fsp3) is 0.429. The predicted octanol–water partition coefficient (Wildman–Crippen LogP) is 3.78. The maximum atomic E-state index is 4.60. The van der Waals surface area contributed by atoms with Gasteiger partial charge in [-0.2, -0.15) is 0 Å². The molecule has 0 radical (unpaired) electrons. The van der Waals surface area contributed by atoms with Gasteiger partial charge in [0.1, 0.15) is 5.01 Å². The van der Waals surface area contributed by atoms with Gasteiger partial charge in [0.05, 0.1) is 16.9 Å². The first-order valence-electron chi connectivity index (χ1n) is 6.91. The highest BCUT2D eigenvalue weighted by Gasteiger charge is 2.03. The Balaban J connectivity index is 1.91. The van der Waals surface area contributed by atoms with Crippen LogP contribution in [0.25, 0.3) is 0 Å². The number of nitrogens with zero attached hydrogens (tertiary/aromatic N) is 2. The van der Waals surface area contributed by atoms with Crippen molar-refractivity contribution in [3.05, 3.63) is 36.9 Å². The standard InChI is InChI=1S/C14H19BrN4S2/c1-3-10-7-17-13(21-10)9-19-14(16-4-2)18-8-11-5-6-12(15)20-11/h5-7H,3-4,8-9H2,1-2H3,(H2,16,18,19). The number of thiazole rings is 1. The van der Waals surface area contributed by atoms with E-state index in [0.29, 0.717) is 13.1 Å². The monoisotopic (exact) mass is 386 g/mol. The zero-order valence-electron chi connectivity index (χ0n) is 12.1. The number of guanidine groups is 1.